The van der Waals surface area contributed by atoms with Crippen molar-refractivity contribution in [1.29, 1.82) is 0 Å². The molecular weight excluding hydrogens is 332 g/mol. The molecule has 1 aromatic rings. The molecule has 0 bridgehead atoms. The Hall–Kier alpha value is -1.98. The zero-order valence-electron chi connectivity index (χ0n) is 12.1. The average molecular weight is 345 g/mol. The van der Waals surface area contributed by atoms with Crippen molar-refractivity contribution >= 4 is 40.5 Å². The molecule has 1 aliphatic heterocycles. The van der Waals surface area contributed by atoms with Gasteiger partial charge in [0, 0.05) is 17.2 Å². The van der Waals surface area contributed by atoms with Crippen molar-refractivity contribution in [2.24, 2.45) is 10.9 Å². The summed E-state index contributed by atoms with van der Waals surface area (Å²) in [4.78, 5) is 28.9. The molecule has 1 aromatic heterocycles. The summed E-state index contributed by atoms with van der Waals surface area (Å²) < 4.78 is 0.561. The molecule has 0 spiro atoms. The Morgan fingerprint density at radius 3 is 3.00 bits per heavy atom. The summed E-state index contributed by atoms with van der Waals surface area (Å²) in [5, 5.41) is 2.94. The van der Waals surface area contributed by atoms with Crippen LogP contribution in [0.25, 0.3) is 0 Å². The molecule has 2 aliphatic carbocycles. The number of allylic oxidation sites excluding steroid dienone is 3. The van der Waals surface area contributed by atoms with Gasteiger partial charge in [0.25, 0.3) is 11.8 Å². The lowest BCUT2D eigenvalue weighted by atomic mass is 9.85. The second kappa shape index (κ2) is 5.58. The lowest BCUT2D eigenvalue weighted by Gasteiger charge is -2.28. The van der Waals surface area contributed by atoms with Gasteiger partial charge < -0.3 is 5.32 Å². The summed E-state index contributed by atoms with van der Waals surface area (Å²) >= 11 is 7.05. The van der Waals surface area contributed by atoms with Crippen molar-refractivity contribution in [2.75, 3.05) is 0 Å². The van der Waals surface area contributed by atoms with Crippen LogP contribution in [0, 0.1) is 5.92 Å². The van der Waals surface area contributed by atoms with Crippen molar-refractivity contribution in [3.8, 4) is 0 Å². The van der Waals surface area contributed by atoms with Crippen molar-refractivity contribution in [3.05, 3.63) is 56.4 Å². The third kappa shape index (κ3) is 2.60. The third-order valence-electron chi connectivity index (χ3n) is 4.28. The Morgan fingerprint density at radius 2 is 2.22 bits per heavy atom. The van der Waals surface area contributed by atoms with E-state index in [4.69, 9.17) is 11.6 Å². The Labute approximate surface area is 142 Å². The molecule has 0 saturated heterocycles. The Kier molecular flexibility index (Phi) is 3.54. The molecule has 3 aliphatic rings. The normalized spacial score (nSPS) is 24.4. The van der Waals surface area contributed by atoms with Gasteiger partial charge in [0.1, 0.15) is 0 Å². The highest BCUT2D eigenvalue weighted by Gasteiger charge is 2.34. The van der Waals surface area contributed by atoms with Crippen molar-refractivity contribution in [1.82, 2.24) is 5.32 Å². The van der Waals surface area contributed by atoms with Crippen LogP contribution in [0.2, 0.25) is 4.34 Å². The second-order valence-electron chi connectivity index (χ2n) is 5.69. The number of nitrogens with zero attached hydrogens (tertiary/aromatic N) is 1. The largest absolute Gasteiger partial charge is 0.325 e. The van der Waals surface area contributed by atoms with Crippen LogP contribution in [0.4, 0.5) is 0 Å². The molecule has 6 heteroatoms. The van der Waals surface area contributed by atoms with Crippen LogP contribution in [-0.2, 0) is 4.79 Å². The van der Waals surface area contributed by atoms with Crippen molar-refractivity contribution in [3.63, 3.8) is 0 Å². The summed E-state index contributed by atoms with van der Waals surface area (Å²) in [6, 6.07) is 3.35. The number of aliphatic imine (C=N–C) groups is 1. The molecule has 0 aromatic carbocycles. The van der Waals surface area contributed by atoms with Gasteiger partial charge in [-0.25, -0.2) is 4.99 Å². The third-order valence-corrected chi connectivity index (χ3v) is 5.50. The van der Waals surface area contributed by atoms with Crippen LogP contribution in [0.15, 0.2) is 52.2 Å². The molecule has 1 atom stereocenters. The van der Waals surface area contributed by atoms with Gasteiger partial charge in [-0.2, -0.15) is 0 Å². The van der Waals surface area contributed by atoms with Crippen molar-refractivity contribution < 1.29 is 9.59 Å². The highest BCUT2D eigenvalue weighted by Crippen LogP contribution is 2.39. The quantitative estimate of drug-likeness (QED) is 0.845. The molecule has 0 saturated carbocycles. The second-order valence-corrected chi connectivity index (χ2v) is 7.41. The maximum absolute atomic E-state index is 12.1. The monoisotopic (exact) mass is 344 g/mol. The van der Waals surface area contributed by atoms with Gasteiger partial charge in [-0.1, -0.05) is 17.7 Å². The minimum Gasteiger partial charge on any atom is -0.325 e. The number of carbonyl (C=O) groups excluding carboxylic acids is 2. The van der Waals surface area contributed by atoms with Crippen LogP contribution < -0.4 is 5.32 Å². The van der Waals surface area contributed by atoms with Gasteiger partial charge in [-0.05, 0) is 49.1 Å². The predicted octanol–water partition coefficient (Wildman–Crippen LogP) is 3.66. The van der Waals surface area contributed by atoms with Gasteiger partial charge in [0.2, 0.25) is 0 Å². The number of hydrogen-bond donors (Lipinski definition) is 1. The van der Waals surface area contributed by atoms with Gasteiger partial charge in [0.15, 0.2) is 0 Å². The number of nitrogens with one attached hydrogen (secondary N) is 1. The summed E-state index contributed by atoms with van der Waals surface area (Å²) in [7, 11) is 0. The highest BCUT2D eigenvalue weighted by atomic mass is 35.5. The van der Waals surface area contributed by atoms with E-state index in [2.05, 4.69) is 10.3 Å². The molecule has 0 radical (unpaired) electrons. The highest BCUT2D eigenvalue weighted by molar-refractivity contribution is 7.18. The van der Waals surface area contributed by atoms with Gasteiger partial charge in [0.05, 0.1) is 14.9 Å². The fourth-order valence-electron chi connectivity index (χ4n) is 3.26. The van der Waals surface area contributed by atoms with E-state index >= 15 is 0 Å². The maximum Gasteiger partial charge on any atom is 0.287 e. The Balaban J connectivity index is 1.63. The lowest BCUT2D eigenvalue weighted by molar-refractivity contribution is -0.117. The van der Waals surface area contributed by atoms with Gasteiger partial charge in [-0.3, -0.25) is 9.59 Å². The van der Waals surface area contributed by atoms with E-state index in [0.29, 0.717) is 14.9 Å². The van der Waals surface area contributed by atoms with E-state index < -0.39 is 0 Å². The number of carbonyl (C=O) groups is 2. The first-order chi connectivity index (χ1) is 11.1. The summed E-state index contributed by atoms with van der Waals surface area (Å²) in [5.74, 6) is -0.207. The van der Waals surface area contributed by atoms with Gasteiger partial charge >= 0.3 is 0 Å². The molecular formula is C17H13ClN2O2S. The topological polar surface area (TPSA) is 58.5 Å². The van der Waals surface area contributed by atoms with E-state index in [1.54, 1.807) is 18.2 Å². The predicted molar refractivity (Wildman–Crippen MR) is 90.8 cm³/mol. The van der Waals surface area contributed by atoms with Crippen LogP contribution in [0.3, 0.4) is 0 Å². The Morgan fingerprint density at radius 1 is 1.35 bits per heavy atom. The molecule has 1 N–H and O–H groups in total. The fraction of sp³-hybridized carbons (Fsp3) is 0.235. The van der Waals surface area contributed by atoms with E-state index in [1.165, 1.54) is 16.9 Å². The first kappa shape index (κ1) is 14.6. The molecule has 4 nitrogen and oxygen atoms in total. The van der Waals surface area contributed by atoms with E-state index in [-0.39, 0.29) is 17.7 Å². The molecule has 2 heterocycles. The number of thiophene rings is 1. The minimum absolute atomic E-state index is 0.00832. The molecule has 116 valence electrons. The first-order valence-electron chi connectivity index (χ1n) is 7.43. The maximum atomic E-state index is 12.1. The number of fused-ring (bicyclic) bond motifs is 2. The first-order valence-corrected chi connectivity index (χ1v) is 8.62. The lowest BCUT2D eigenvalue weighted by Crippen LogP contribution is -2.35. The zero-order valence-corrected chi connectivity index (χ0v) is 13.7. The van der Waals surface area contributed by atoms with E-state index in [0.717, 1.165) is 30.5 Å². The summed E-state index contributed by atoms with van der Waals surface area (Å²) in [5.41, 5.74) is 3.51. The fourth-order valence-corrected chi connectivity index (χ4v) is 4.19. The summed E-state index contributed by atoms with van der Waals surface area (Å²) in [6.45, 7) is 0. The van der Waals surface area contributed by atoms with Crippen LogP contribution in [0.5, 0.6) is 0 Å². The molecule has 2 amide bonds. The van der Waals surface area contributed by atoms with Crippen molar-refractivity contribution in [2.45, 2.75) is 19.3 Å². The molecule has 1 unspecified atom stereocenters. The van der Waals surface area contributed by atoms with Gasteiger partial charge in [-0.15, -0.1) is 11.3 Å². The number of amides is 2. The van der Waals surface area contributed by atoms with Crippen LogP contribution >= 0.6 is 22.9 Å². The van der Waals surface area contributed by atoms with Crippen LogP contribution in [-0.4, -0.2) is 17.5 Å². The molecule has 4 rings (SSSR count). The Bertz CT molecular complexity index is 845. The zero-order chi connectivity index (χ0) is 16.0. The average Bonchev–Trinajstić information content (AvgIpc) is 3.16. The van der Waals surface area contributed by atoms with E-state index in [9.17, 15) is 9.59 Å². The summed E-state index contributed by atoms with van der Waals surface area (Å²) in [6.07, 6.45) is 8.52. The molecule has 23 heavy (non-hydrogen) atoms. The molecule has 0 fully saturated rings. The SMILES string of the molecule is O=C1NC2=CC(=NC(=O)c3ccc(Cl)s3)C=CC2C2=C1CCC2. The van der Waals surface area contributed by atoms with E-state index in [1.807, 2.05) is 12.2 Å². The number of halogens is 1. The smallest absolute Gasteiger partial charge is 0.287 e. The number of rotatable bonds is 1. The number of hydrogen-bond acceptors (Lipinski definition) is 3. The minimum atomic E-state index is -0.320. The standard InChI is InChI=1S/C17H13ClN2O2S/c18-15-7-6-14(23-15)17(22)19-9-4-5-11-10-2-1-3-12(10)16(21)20-13(11)8-9/h4-8,11H,1-3H2,(H,20,21). The van der Waals surface area contributed by atoms with Crippen LogP contribution in [0.1, 0.15) is 28.9 Å².